The van der Waals surface area contributed by atoms with Crippen LogP contribution in [0.15, 0.2) is 0 Å². The Hall–Kier alpha value is -0.153. The molecule has 0 saturated heterocycles. The van der Waals surface area contributed by atoms with Crippen molar-refractivity contribution < 1.29 is 9.22 Å². The minimum Gasteiger partial charge on any atom is -0.414 e. The molecule has 0 saturated carbocycles. The molecule has 0 aliphatic carbocycles. The van der Waals surface area contributed by atoms with Crippen LogP contribution in [0.4, 0.5) is 0 Å². The average molecular weight is 230 g/mol. The molecule has 2 atom stereocenters. The van der Waals surface area contributed by atoms with E-state index in [2.05, 4.69) is 47.7 Å². The highest BCUT2D eigenvalue weighted by Crippen LogP contribution is 2.38. The van der Waals surface area contributed by atoms with Crippen molar-refractivity contribution in [2.24, 2.45) is 5.92 Å². The van der Waals surface area contributed by atoms with Crippen LogP contribution in [-0.2, 0) is 9.22 Å². The van der Waals surface area contributed by atoms with E-state index in [0.29, 0.717) is 12.3 Å². The molecule has 0 N–H and O–H groups in total. The lowest BCUT2D eigenvalue weighted by molar-refractivity contribution is -0.109. The maximum absolute atomic E-state index is 10.4. The van der Waals surface area contributed by atoms with E-state index in [-0.39, 0.29) is 11.1 Å². The fraction of sp³-hybridized carbons (Fsp3) is 0.917. The third-order valence-electron chi connectivity index (χ3n) is 3.56. The van der Waals surface area contributed by atoms with E-state index in [4.69, 9.17) is 4.43 Å². The molecule has 0 aromatic rings. The Morgan fingerprint density at radius 2 is 1.73 bits per heavy atom. The summed E-state index contributed by atoms with van der Waals surface area (Å²) < 4.78 is 6.20. The molecule has 0 aromatic carbocycles. The molecule has 0 amide bonds. The van der Waals surface area contributed by atoms with E-state index in [1.54, 1.807) is 0 Å². The van der Waals surface area contributed by atoms with Crippen LogP contribution in [0.25, 0.3) is 0 Å². The van der Waals surface area contributed by atoms with Gasteiger partial charge in [-0.25, -0.2) is 0 Å². The SMILES string of the molecule is C[C@H](O[Si](C)(C)C(C)(C)C)[C@@H](C)CC=O. The second-order valence-corrected chi connectivity index (χ2v) is 10.7. The van der Waals surface area contributed by atoms with Crippen LogP contribution in [0.1, 0.15) is 41.0 Å². The maximum Gasteiger partial charge on any atom is 0.192 e. The van der Waals surface area contributed by atoms with Crippen molar-refractivity contribution in [3.8, 4) is 0 Å². The quantitative estimate of drug-likeness (QED) is 0.532. The number of carbonyl (C=O) groups excluding carboxylic acids is 1. The molecule has 0 heterocycles. The molecule has 0 aliphatic rings. The molecule has 90 valence electrons. The molecule has 0 aromatic heterocycles. The topological polar surface area (TPSA) is 26.3 Å². The third kappa shape index (κ3) is 4.47. The maximum atomic E-state index is 10.4. The summed E-state index contributed by atoms with van der Waals surface area (Å²) in [7, 11) is -1.68. The van der Waals surface area contributed by atoms with E-state index < -0.39 is 8.32 Å². The first-order valence-corrected chi connectivity index (χ1v) is 8.64. The Labute approximate surface area is 95.5 Å². The van der Waals surface area contributed by atoms with Gasteiger partial charge in [0.25, 0.3) is 0 Å². The Morgan fingerprint density at radius 1 is 1.27 bits per heavy atom. The molecule has 0 aliphatic heterocycles. The number of hydrogen-bond donors (Lipinski definition) is 0. The molecule has 0 rings (SSSR count). The Balaban J connectivity index is 4.39. The highest BCUT2D eigenvalue weighted by Gasteiger charge is 2.39. The van der Waals surface area contributed by atoms with Crippen LogP contribution in [0.5, 0.6) is 0 Å². The fourth-order valence-electron chi connectivity index (χ4n) is 1.10. The Kier molecular flexibility index (Phi) is 5.20. The van der Waals surface area contributed by atoms with Crippen molar-refractivity contribution in [2.75, 3.05) is 0 Å². The second-order valence-electron chi connectivity index (χ2n) is 5.96. The van der Waals surface area contributed by atoms with Gasteiger partial charge in [0.1, 0.15) is 6.29 Å². The normalized spacial score (nSPS) is 17.3. The summed E-state index contributed by atoms with van der Waals surface area (Å²) in [6, 6.07) is 0. The van der Waals surface area contributed by atoms with Gasteiger partial charge in [-0.15, -0.1) is 0 Å². The van der Waals surface area contributed by atoms with Crippen molar-refractivity contribution in [1.29, 1.82) is 0 Å². The first-order chi connectivity index (χ1) is 6.62. The zero-order valence-corrected chi connectivity index (χ0v) is 12.3. The summed E-state index contributed by atoms with van der Waals surface area (Å²) in [5, 5.41) is 0.238. The number of hydrogen-bond acceptors (Lipinski definition) is 2. The molecular weight excluding hydrogens is 204 g/mol. The molecular formula is C12H26O2Si. The summed E-state index contributed by atoms with van der Waals surface area (Å²) in [5.41, 5.74) is 0. The lowest BCUT2D eigenvalue weighted by Crippen LogP contribution is -2.44. The Morgan fingerprint density at radius 3 is 2.07 bits per heavy atom. The summed E-state index contributed by atoms with van der Waals surface area (Å²) in [4.78, 5) is 10.4. The molecule has 0 radical (unpaired) electrons. The van der Waals surface area contributed by atoms with Gasteiger partial charge < -0.3 is 9.22 Å². The van der Waals surface area contributed by atoms with Crippen molar-refractivity contribution in [2.45, 2.75) is 65.3 Å². The molecule has 2 nitrogen and oxygen atoms in total. The summed E-state index contributed by atoms with van der Waals surface area (Å²) >= 11 is 0. The van der Waals surface area contributed by atoms with E-state index in [1.165, 1.54) is 0 Å². The lowest BCUT2D eigenvalue weighted by atomic mass is 10.0. The minimum absolute atomic E-state index is 0.177. The van der Waals surface area contributed by atoms with Crippen LogP contribution in [0, 0.1) is 5.92 Å². The highest BCUT2D eigenvalue weighted by atomic mass is 28.4. The predicted molar refractivity (Wildman–Crippen MR) is 67.6 cm³/mol. The smallest absolute Gasteiger partial charge is 0.192 e. The van der Waals surface area contributed by atoms with Gasteiger partial charge in [-0.1, -0.05) is 27.7 Å². The number of rotatable bonds is 5. The zero-order valence-electron chi connectivity index (χ0n) is 11.3. The monoisotopic (exact) mass is 230 g/mol. The van der Waals surface area contributed by atoms with Gasteiger partial charge in [0, 0.05) is 12.5 Å². The minimum atomic E-state index is -1.68. The standard InChI is InChI=1S/C12H26O2Si/c1-10(8-9-13)11(2)14-15(6,7)12(3,4)5/h9-11H,8H2,1-7H3/t10-,11-/m0/s1. The molecule has 15 heavy (non-hydrogen) atoms. The summed E-state index contributed by atoms with van der Waals surface area (Å²) in [6.07, 6.45) is 1.75. The first kappa shape index (κ1) is 14.8. The molecule has 3 heteroatoms. The van der Waals surface area contributed by atoms with Crippen molar-refractivity contribution in [3.05, 3.63) is 0 Å². The number of carbonyl (C=O) groups is 1. The van der Waals surface area contributed by atoms with E-state index >= 15 is 0 Å². The van der Waals surface area contributed by atoms with Crippen LogP contribution in [0.3, 0.4) is 0 Å². The third-order valence-corrected chi connectivity index (χ3v) is 8.13. The number of aldehydes is 1. The first-order valence-electron chi connectivity index (χ1n) is 5.73. The van der Waals surface area contributed by atoms with E-state index in [1.807, 2.05) is 0 Å². The molecule has 0 fully saturated rings. The predicted octanol–water partition coefficient (Wildman–Crippen LogP) is 3.62. The molecule has 0 spiro atoms. The van der Waals surface area contributed by atoms with Crippen molar-refractivity contribution >= 4 is 14.6 Å². The average Bonchev–Trinajstić information content (AvgIpc) is 2.01. The van der Waals surface area contributed by atoms with Gasteiger partial charge in [-0.3, -0.25) is 0 Å². The Bertz CT molecular complexity index is 206. The lowest BCUT2D eigenvalue weighted by Gasteiger charge is -2.39. The van der Waals surface area contributed by atoms with Crippen molar-refractivity contribution in [3.63, 3.8) is 0 Å². The largest absolute Gasteiger partial charge is 0.414 e. The molecule has 0 unspecified atom stereocenters. The van der Waals surface area contributed by atoms with Gasteiger partial charge in [-0.2, -0.15) is 0 Å². The van der Waals surface area contributed by atoms with Crippen LogP contribution in [0.2, 0.25) is 18.1 Å². The van der Waals surface area contributed by atoms with Gasteiger partial charge in [0.15, 0.2) is 8.32 Å². The van der Waals surface area contributed by atoms with Crippen LogP contribution >= 0.6 is 0 Å². The fourth-order valence-corrected chi connectivity index (χ4v) is 2.62. The highest BCUT2D eigenvalue weighted by molar-refractivity contribution is 6.74. The van der Waals surface area contributed by atoms with Crippen LogP contribution in [-0.4, -0.2) is 20.7 Å². The van der Waals surface area contributed by atoms with Gasteiger partial charge >= 0.3 is 0 Å². The van der Waals surface area contributed by atoms with Gasteiger partial charge in [-0.05, 0) is 31.0 Å². The summed E-state index contributed by atoms with van der Waals surface area (Å²) in [6.45, 7) is 15.3. The molecule has 0 bridgehead atoms. The van der Waals surface area contributed by atoms with Crippen LogP contribution < -0.4 is 0 Å². The second kappa shape index (κ2) is 5.26. The summed E-state index contributed by atoms with van der Waals surface area (Å²) in [5.74, 6) is 0.316. The zero-order chi connectivity index (χ0) is 12.3. The van der Waals surface area contributed by atoms with Crippen molar-refractivity contribution in [1.82, 2.24) is 0 Å². The van der Waals surface area contributed by atoms with Gasteiger partial charge in [0.05, 0.1) is 0 Å². The van der Waals surface area contributed by atoms with Gasteiger partial charge in [0.2, 0.25) is 0 Å². The van der Waals surface area contributed by atoms with E-state index in [0.717, 1.165) is 6.29 Å². The van der Waals surface area contributed by atoms with E-state index in [9.17, 15) is 4.79 Å².